The summed E-state index contributed by atoms with van der Waals surface area (Å²) in [5, 5.41) is 0. The summed E-state index contributed by atoms with van der Waals surface area (Å²) in [5.41, 5.74) is -0.232. The Morgan fingerprint density at radius 3 is 2.71 bits per heavy atom. The van der Waals surface area contributed by atoms with Gasteiger partial charge < -0.3 is 4.74 Å². The van der Waals surface area contributed by atoms with Crippen molar-refractivity contribution >= 4 is 5.78 Å². The molecule has 0 bridgehead atoms. The summed E-state index contributed by atoms with van der Waals surface area (Å²) in [6.45, 7) is 6.37. The molecule has 2 rings (SSSR count). The Hall–Kier alpha value is -0.630. The normalized spacial score (nSPS) is 40.8. The first-order valence-corrected chi connectivity index (χ1v) is 5.35. The van der Waals surface area contributed by atoms with Crippen LogP contribution in [0.1, 0.15) is 40.0 Å². The molecule has 78 valence electrons. The maximum Gasteiger partial charge on any atom is 0.156 e. The Bertz CT molecular complexity index is 291. The third-order valence-electron chi connectivity index (χ3n) is 3.63. The van der Waals surface area contributed by atoms with Gasteiger partial charge in [0.15, 0.2) is 5.78 Å². The third kappa shape index (κ3) is 1.33. The van der Waals surface area contributed by atoms with Gasteiger partial charge in [-0.15, -0.1) is 0 Å². The number of carbonyl (C=O) groups excluding carboxylic acids is 1. The van der Waals surface area contributed by atoms with Crippen molar-refractivity contribution in [1.82, 2.24) is 0 Å². The Kier molecular flexibility index (Phi) is 2.07. The van der Waals surface area contributed by atoms with Crippen LogP contribution in [-0.2, 0) is 9.53 Å². The summed E-state index contributed by atoms with van der Waals surface area (Å²) in [5.74, 6) is 0.226. The molecule has 2 nitrogen and oxygen atoms in total. The summed E-state index contributed by atoms with van der Waals surface area (Å²) < 4.78 is 6.01. The van der Waals surface area contributed by atoms with E-state index in [0.717, 1.165) is 12.8 Å². The van der Waals surface area contributed by atoms with Gasteiger partial charge in [0, 0.05) is 11.8 Å². The molecule has 0 unspecified atom stereocenters. The molecule has 1 spiro atoms. The van der Waals surface area contributed by atoms with Crippen molar-refractivity contribution in [2.45, 2.75) is 51.7 Å². The zero-order valence-electron chi connectivity index (χ0n) is 9.17. The van der Waals surface area contributed by atoms with E-state index in [9.17, 15) is 4.79 Å². The number of hydrogen-bond acceptors (Lipinski definition) is 2. The van der Waals surface area contributed by atoms with Crippen molar-refractivity contribution in [3.63, 3.8) is 0 Å². The first kappa shape index (κ1) is 9.91. The second-order valence-electron chi connectivity index (χ2n) is 5.22. The number of carbonyl (C=O) groups is 1. The second kappa shape index (κ2) is 2.93. The minimum absolute atomic E-state index is 0.0520. The minimum atomic E-state index is -0.180. The van der Waals surface area contributed by atoms with Crippen LogP contribution in [0.5, 0.6) is 0 Å². The molecule has 1 aliphatic heterocycles. The van der Waals surface area contributed by atoms with Gasteiger partial charge in [0.2, 0.25) is 0 Å². The van der Waals surface area contributed by atoms with Crippen LogP contribution in [0.2, 0.25) is 0 Å². The van der Waals surface area contributed by atoms with Crippen molar-refractivity contribution in [3.05, 3.63) is 12.2 Å². The van der Waals surface area contributed by atoms with Gasteiger partial charge in [0.1, 0.15) is 0 Å². The van der Waals surface area contributed by atoms with E-state index in [1.807, 2.05) is 6.08 Å². The number of hydrogen-bond donors (Lipinski definition) is 0. The molecule has 1 heterocycles. The molecule has 0 aromatic rings. The smallest absolute Gasteiger partial charge is 0.156 e. The minimum Gasteiger partial charge on any atom is -0.367 e. The molecule has 0 aromatic heterocycles. The number of ether oxygens (including phenoxy) is 1. The molecule has 1 aliphatic carbocycles. The molecule has 14 heavy (non-hydrogen) atoms. The zero-order valence-corrected chi connectivity index (χ0v) is 9.17. The topological polar surface area (TPSA) is 26.3 Å². The van der Waals surface area contributed by atoms with E-state index in [0.29, 0.717) is 12.5 Å². The highest BCUT2D eigenvalue weighted by molar-refractivity contribution is 5.91. The van der Waals surface area contributed by atoms with Crippen LogP contribution in [0.25, 0.3) is 0 Å². The maximum atomic E-state index is 11.4. The van der Waals surface area contributed by atoms with Crippen molar-refractivity contribution < 1.29 is 9.53 Å². The van der Waals surface area contributed by atoms with E-state index in [4.69, 9.17) is 4.74 Å². The summed E-state index contributed by atoms with van der Waals surface area (Å²) in [7, 11) is 0. The molecule has 0 amide bonds. The fourth-order valence-electron chi connectivity index (χ4n) is 2.61. The van der Waals surface area contributed by atoms with Crippen LogP contribution in [0.4, 0.5) is 0 Å². The Labute approximate surface area is 85.3 Å². The molecule has 2 heteroatoms. The molecule has 0 aromatic carbocycles. The lowest BCUT2D eigenvalue weighted by molar-refractivity contribution is -0.127. The van der Waals surface area contributed by atoms with Crippen LogP contribution >= 0.6 is 0 Å². The standard InChI is InChI=1S/C12H18O2/c1-9-4-6-12(14-9)7-5-10(13)8-11(12,2)3/h5,7,9H,4,6,8H2,1-3H3/t9-,12-/m0/s1. The maximum absolute atomic E-state index is 11.4. The molecule has 0 saturated carbocycles. The van der Waals surface area contributed by atoms with Gasteiger partial charge >= 0.3 is 0 Å². The molecule has 0 radical (unpaired) electrons. The van der Waals surface area contributed by atoms with Crippen LogP contribution in [0, 0.1) is 5.41 Å². The first-order chi connectivity index (χ1) is 6.45. The fraction of sp³-hybridized carbons (Fsp3) is 0.750. The van der Waals surface area contributed by atoms with Crippen molar-refractivity contribution in [1.29, 1.82) is 0 Å². The van der Waals surface area contributed by atoms with Gasteiger partial charge in [-0.25, -0.2) is 0 Å². The highest BCUT2D eigenvalue weighted by atomic mass is 16.5. The summed E-state index contributed by atoms with van der Waals surface area (Å²) in [6.07, 6.45) is 6.77. The van der Waals surface area contributed by atoms with E-state index >= 15 is 0 Å². The third-order valence-corrected chi connectivity index (χ3v) is 3.63. The number of allylic oxidation sites excluding steroid dienone is 1. The largest absolute Gasteiger partial charge is 0.367 e. The zero-order chi connectivity index (χ0) is 10.4. The van der Waals surface area contributed by atoms with Gasteiger partial charge in [0.25, 0.3) is 0 Å². The van der Waals surface area contributed by atoms with Crippen LogP contribution in [0.15, 0.2) is 12.2 Å². The van der Waals surface area contributed by atoms with E-state index in [2.05, 4.69) is 20.8 Å². The molecule has 1 fully saturated rings. The van der Waals surface area contributed by atoms with Crippen molar-refractivity contribution in [2.75, 3.05) is 0 Å². The van der Waals surface area contributed by atoms with E-state index in [-0.39, 0.29) is 16.8 Å². The van der Waals surface area contributed by atoms with Gasteiger partial charge in [0.05, 0.1) is 11.7 Å². The predicted octanol–water partition coefficient (Wildman–Crippen LogP) is 2.48. The predicted molar refractivity (Wildman–Crippen MR) is 55.1 cm³/mol. The molecular formula is C12H18O2. The quantitative estimate of drug-likeness (QED) is 0.592. The molecule has 2 aliphatic rings. The van der Waals surface area contributed by atoms with Crippen LogP contribution in [-0.4, -0.2) is 17.5 Å². The van der Waals surface area contributed by atoms with Crippen LogP contribution in [0.3, 0.4) is 0 Å². The molecule has 1 saturated heterocycles. The highest BCUT2D eigenvalue weighted by Crippen LogP contribution is 2.49. The van der Waals surface area contributed by atoms with E-state index in [1.165, 1.54) is 0 Å². The van der Waals surface area contributed by atoms with Crippen molar-refractivity contribution in [2.24, 2.45) is 5.41 Å². The van der Waals surface area contributed by atoms with Crippen molar-refractivity contribution in [3.8, 4) is 0 Å². The van der Waals surface area contributed by atoms with E-state index in [1.54, 1.807) is 6.08 Å². The monoisotopic (exact) mass is 194 g/mol. The van der Waals surface area contributed by atoms with Gasteiger partial charge in [-0.1, -0.05) is 13.8 Å². The summed E-state index contributed by atoms with van der Waals surface area (Å²) in [4.78, 5) is 11.4. The highest BCUT2D eigenvalue weighted by Gasteiger charge is 2.50. The average molecular weight is 194 g/mol. The summed E-state index contributed by atoms with van der Waals surface area (Å²) in [6, 6.07) is 0. The Balaban J connectivity index is 2.34. The lowest BCUT2D eigenvalue weighted by Gasteiger charge is -2.43. The lowest BCUT2D eigenvalue weighted by Crippen LogP contribution is -2.46. The number of rotatable bonds is 0. The Morgan fingerprint density at radius 1 is 1.50 bits per heavy atom. The SMILES string of the molecule is C[C@H]1CC[C@@]2(C=CC(=O)CC2(C)C)O1. The lowest BCUT2D eigenvalue weighted by atomic mass is 9.67. The molecule has 0 N–H and O–H groups in total. The molecular weight excluding hydrogens is 176 g/mol. The second-order valence-corrected chi connectivity index (χ2v) is 5.22. The fourth-order valence-corrected chi connectivity index (χ4v) is 2.61. The van der Waals surface area contributed by atoms with Gasteiger partial charge in [-0.05, 0) is 31.9 Å². The van der Waals surface area contributed by atoms with E-state index < -0.39 is 0 Å². The molecule has 2 atom stereocenters. The van der Waals surface area contributed by atoms with Gasteiger partial charge in [-0.3, -0.25) is 4.79 Å². The summed E-state index contributed by atoms with van der Waals surface area (Å²) >= 11 is 0. The first-order valence-electron chi connectivity index (χ1n) is 5.35. The van der Waals surface area contributed by atoms with Gasteiger partial charge in [-0.2, -0.15) is 0 Å². The number of ketones is 1. The van der Waals surface area contributed by atoms with Crippen LogP contribution < -0.4 is 0 Å². The average Bonchev–Trinajstić information content (AvgIpc) is 2.43. The Morgan fingerprint density at radius 2 is 2.21 bits per heavy atom.